The summed E-state index contributed by atoms with van der Waals surface area (Å²) in [6.07, 6.45) is 0. The van der Waals surface area contributed by atoms with Crippen LogP contribution >= 0.6 is 0 Å². The van der Waals surface area contributed by atoms with Gasteiger partial charge >= 0.3 is 0 Å². The van der Waals surface area contributed by atoms with Gasteiger partial charge in [0.05, 0.1) is 23.4 Å². The Bertz CT molecular complexity index is 1240. The molecule has 3 aromatic carbocycles. The predicted molar refractivity (Wildman–Crippen MR) is 134 cm³/mol. The summed E-state index contributed by atoms with van der Waals surface area (Å²) in [6, 6.07) is 16.5. The second kappa shape index (κ2) is 10.7. The van der Waals surface area contributed by atoms with Crippen LogP contribution < -0.4 is 9.64 Å². The lowest BCUT2D eigenvalue weighted by atomic mass is 10.1. The first-order valence-electron chi connectivity index (χ1n) is 10.8. The van der Waals surface area contributed by atoms with Gasteiger partial charge in [-0.1, -0.05) is 6.07 Å². The fraction of sp³-hybridized carbons (Fsp3) is 0.280. The lowest BCUT2D eigenvalue weighted by Gasteiger charge is -2.23. The zero-order chi connectivity index (χ0) is 24.8. The van der Waals surface area contributed by atoms with E-state index < -0.39 is 4.92 Å². The number of hydrogen-bond donors (Lipinski definition) is 0. The summed E-state index contributed by atoms with van der Waals surface area (Å²) in [6.45, 7) is 7.91. The number of benzene rings is 3. The highest BCUT2D eigenvalue weighted by molar-refractivity contribution is 5.64. The summed E-state index contributed by atoms with van der Waals surface area (Å²) in [7, 11) is 3.58. The quantitative estimate of drug-likeness (QED) is 0.193. The number of anilines is 1. The van der Waals surface area contributed by atoms with Gasteiger partial charge in [0.2, 0.25) is 0 Å². The topological polar surface area (TPSA) is 105 Å². The number of ether oxygens (including phenoxy) is 1. The molecule has 0 spiro atoms. The number of nitro benzene ring substituents is 1. The second-order valence-electron chi connectivity index (χ2n) is 8.18. The minimum Gasteiger partial charge on any atom is -0.494 e. The SMILES string of the molecule is COc1cc(N=Nc2ccc(C)cc2[N+](=O)[O-])c(C)cc1N=Nc1ccc(N(C)C(C)C)cc1. The Labute approximate surface area is 199 Å². The van der Waals surface area contributed by atoms with Gasteiger partial charge in [-0.2, -0.15) is 5.11 Å². The fourth-order valence-corrected chi connectivity index (χ4v) is 3.15. The van der Waals surface area contributed by atoms with Crippen molar-refractivity contribution in [2.75, 3.05) is 19.1 Å². The Hall–Kier alpha value is -4.14. The van der Waals surface area contributed by atoms with E-state index in [1.165, 1.54) is 13.2 Å². The molecule has 0 bridgehead atoms. The predicted octanol–water partition coefficient (Wildman–Crippen LogP) is 7.90. The lowest BCUT2D eigenvalue weighted by Crippen LogP contribution is -2.25. The first-order valence-corrected chi connectivity index (χ1v) is 10.8. The minimum absolute atomic E-state index is 0.0932. The summed E-state index contributed by atoms with van der Waals surface area (Å²) in [5, 5.41) is 28.3. The third-order valence-corrected chi connectivity index (χ3v) is 5.40. The van der Waals surface area contributed by atoms with Gasteiger partial charge in [0.1, 0.15) is 11.4 Å². The summed E-state index contributed by atoms with van der Waals surface area (Å²) in [4.78, 5) is 13.0. The molecule has 9 nitrogen and oxygen atoms in total. The van der Waals surface area contributed by atoms with Crippen molar-refractivity contribution in [1.82, 2.24) is 0 Å². The van der Waals surface area contributed by atoms with E-state index in [1.807, 2.05) is 38.2 Å². The van der Waals surface area contributed by atoms with Gasteiger partial charge in [-0.3, -0.25) is 10.1 Å². The number of aryl methyl sites for hydroxylation is 2. The molecule has 0 aromatic heterocycles. The number of nitrogens with zero attached hydrogens (tertiary/aromatic N) is 6. The molecular weight excluding hydrogens is 432 g/mol. The number of methoxy groups -OCH3 is 1. The largest absolute Gasteiger partial charge is 0.494 e. The van der Waals surface area contributed by atoms with Gasteiger partial charge in [0.15, 0.2) is 5.69 Å². The van der Waals surface area contributed by atoms with Crippen LogP contribution in [0.2, 0.25) is 0 Å². The van der Waals surface area contributed by atoms with E-state index in [0.29, 0.717) is 23.2 Å². The van der Waals surface area contributed by atoms with Crippen LogP contribution in [0.1, 0.15) is 25.0 Å². The molecule has 0 saturated carbocycles. The molecule has 34 heavy (non-hydrogen) atoms. The van der Waals surface area contributed by atoms with Crippen molar-refractivity contribution in [2.45, 2.75) is 33.7 Å². The van der Waals surface area contributed by atoms with Crippen molar-refractivity contribution in [3.05, 3.63) is 75.8 Å². The number of azo groups is 2. The first kappa shape index (κ1) is 24.5. The van der Waals surface area contributed by atoms with E-state index in [9.17, 15) is 10.1 Å². The van der Waals surface area contributed by atoms with Crippen molar-refractivity contribution >= 4 is 34.1 Å². The monoisotopic (exact) mass is 460 g/mol. The fourth-order valence-electron chi connectivity index (χ4n) is 3.15. The molecule has 9 heteroatoms. The van der Waals surface area contributed by atoms with E-state index in [0.717, 1.165) is 22.5 Å². The number of hydrogen-bond acceptors (Lipinski definition) is 8. The summed E-state index contributed by atoms with van der Waals surface area (Å²) < 4.78 is 5.47. The molecule has 0 saturated heterocycles. The number of rotatable bonds is 8. The van der Waals surface area contributed by atoms with Crippen LogP contribution in [-0.4, -0.2) is 25.1 Å². The Morgan fingerprint density at radius 3 is 2.15 bits per heavy atom. The minimum atomic E-state index is -0.467. The van der Waals surface area contributed by atoms with Crippen molar-refractivity contribution < 1.29 is 9.66 Å². The Kier molecular flexibility index (Phi) is 7.68. The molecule has 3 aromatic rings. The van der Waals surface area contributed by atoms with Crippen LogP contribution in [-0.2, 0) is 0 Å². The van der Waals surface area contributed by atoms with Crippen LogP contribution in [0.15, 0.2) is 75.1 Å². The van der Waals surface area contributed by atoms with E-state index >= 15 is 0 Å². The van der Waals surface area contributed by atoms with Crippen LogP contribution in [0.4, 0.5) is 34.1 Å². The highest BCUT2D eigenvalue weighted by Crippen LogP contribution is 2.37. The zero-order valence-corrected chi connectivity index (χ0v) is 20.2. The third-order valence-electron chi connectivity index (χ3n) is 5.40. The maximum absolute atomic E-state index is 11.3. The maximum Gasteiger partial charge on any atom is 0.296 e. The summed E-state index contributed by atoms with van der Waals surface area (Å²) in [5.41, 5.74) is 4.54. The molecule has 0 amide bonds. The van der Waals surface area contributed by atoms with Crippen molar-refractivity contribution in [3.8, 4) is 5.75 Å². The van der Waals surface area contributed by atoms with E-state index in [-0.39, 0.29) is 11.4 Å². The van der Waals surface area contributed by atoms with Crippen LogP contribution in [0.3, 0.4) is 0 Å². The van der Waals surface area contributed by atoms with Gasteiger partial charge in [-0.15, -0.1) is 15.3 Å². The number of nitro groups is 1. The van der Waals surface area contributed by atoms with Crippen LogP contribution in [0.25, 0.3) is 0 Å². The molecule has 0 aliphatic rings. The highest BCUT2D eigenvalue weighted by atomic mass is 16.6. The van der Waals surface area contributed by atoms with E-state index in [1.54, 1.807) is 31.2 Å². The second-order valence-corrected chi connectivity index (χ2v) is 8.18. The molecule has 0 radical (unpaired) electrons. The molecule has 0 heterocycles. The van der Waals surface area contributed by atoms with Crippen molar-refractivity contribution in [2.24, 2.45) is 20.5 Å². The zero-order valence-electron chi connectivity index (χ0n) is 20.2. The molecule has 0 fully saturated rings. The molecule has 0 aliphatic carbocycles. The Morgan fingerprint density at radius 1 is 0.882 bits per heavy atom. The smallest absolute Gasteiger partial charge is 0.296 e. The van der Waals surface area contributed by atoms with Gasteiger partial charge in [0, 0.05) is 30.9 Å². The molecule has 3 rings (SSSR count). The lowest BCUT2D eigenvalue weighted by molar-refractivity contribution is -0.384. The average molecular weight is 461 g/mol. The van der Waals surface area contributed by atoms with E-state index in [4.69, 9.17) is 4.74 Å². The molecule has 0 N–H and O–H groups in total. The van der Waals surface area contributed by atoms with Gasteiger partial charge in [-0.25, -0.2) is 0 Å². The highest BCUT2D eigenvalue weighted by Gasteiger charge is 2.14. The van der Waals surface area contributed by atoms with Crippen molar-refractivity contribution in [3.63, 3.8) is 0 Å². The average Bonchev–Trinajstić information content (AvgIpc) is 2.82. The summed E-state index contributed by atoms with van der Waals surface area (Å²) in [5.74, 6) is 0.470. The van der Waals surface area contributed by atoms with Gasteiger partial charge < -0.3 is 9.64 Å². The maximum atomic E-state index is 11.3. The van der Waals surface area contributed by atoms with E-state index in [2.05, 4.69) is 39.2 Å². The third kappa shape index (κ3) is 5.80. The van der Waals surface area contributed by atoms with Gasteiger partial charge in [-0.05, 0) is 75.2 Å². The molecule has 0 aliphatic heterocycles. The normalized spacial score (nSPS) is 11.5. The Morgan fingerprint density at radius 2 is 1.53 bits per heavy atom. The van der Waals surface area contributed by atoms with Crippen molar-refractivity contribution in [1.29, 1.82) is 0 Å². The molecule has 0 unspecified atom stereocenters. The molecular formula is C25H28N6O3. The Balaban J connectivity index is 1.85. The van der Waals surface area contributed by atoms with Crippen LogP contribution in [0.5, 0.6) is 5.75 Å². The molecule has 0 atom stereocenters. The summed E-state index contributed by atoms with van der Waals surface area (Å²) >= 11 is 0. The van der Waals surface area contributed by atoms with Gasteiger partial charge in [0.25, 0.3) is 5.69 Å². The first-order chi connectivity index (χ1) is 16.2. The molecule has 176 valence electrons. The standard InChI is InChI=1S/C25H28N6O3/c1-16(2)30(5)20-10-8-19(9-11-20)26-29-23-14-18(4)22(15-25(23)34-6)28-27-21-12-7-17(3)13-24(21)31(32)33/h7-16H,1-6H3. The van der Waals surface area contributed by atoms with Crippen LogP contribution in [0, 0.1) is 24.0 Å².